The largest absolute Gasteiger partial charge is 0.423 e. The zero-order valence-corrected chi connectivity index (χ0v) is 18.3. The molecule has 2 aromatic carbocycles. The minimum atomic E-state index is -5.12. The number of halogens is 4. The summed E-state index contributed by atoms with van der Waals surface area (Å²) >= 11 is 6.09. The number of aryl methyl sites for hydroxylation is 2. The zero-order chi connectivity index (χ0) is 23.9. The van der Waals surface area contributed by atoms with Crippen LogP contribution < -0.4 is 10.5 Å². The van der Waals surface area contributed by atoms with Gasteiger partial charge in [0.1, 0.15) is 0 Å². The second kappa shape index (κ2) is 8.79. The number of hydrogen-bond donors (Lipinski definition) is 1. The van der Waals surface area contributed by atoms with E-state index in [-0.39, 0.29) is 23.5 Å². The van der Waals surface area contributed by atoms with E-state index in [0.717, 1.165) is 28.9 Å². The summed E-state index contributed by atoms with van der Waals surface area (Å²) in [5.74, 6) is -1.75. The van der Waals surface area contributed by atoms with Gasteiger partial charge in [0.05, 0.1) is 11.1 Å². The number of benzene rings is 2. The van der Waals surface area contributed by atoms with Crippen molar-refractivity contribution in [3.63, 3.8) is 0 Å². The number of anilines is 1. The highest BCUT2D eigenvalue weighted by Gasteiger charge is 2.46. The Kier molecular flexibility index (Phi) is 6.20. The molecule has 0 spiro atoms. The number of carbonyl (C=O) groups excluding carboxylic acids is 1. The van der Waals surface area contributed by atoms with E-state index in [1.807, 2.05) is 12.1 Å². The molecule has 0 radical (unpaired) electrons. The Morgan fingerprint density at radius 1 is 1.27 bits per heavy atom. The van der Waals surface area contributed by atoms with Crippen molar-refractivity contribution >= 4 is 34.0 Å². The number of fused-ring (bicyclic) bond motifs is 2. The average molecular weight is 481 g/mol. The Hall–Kier alpha value is -2.91. The second-order valence-corrected chi connectivity index (χ2v) is 8.55. The van der Waals surface area contributed by atoms with Crippen molar-refractivity contribution in [1.82, 2.24) is 5.16 Å². The van der Waals surface area contributed by atoms with E-state index in [2.05, 4.69) is 9.68 Å². The van der Waals surface area contributed by atoms with Crippen LogP contribution in [0.1, 0.15) is 35.6 Å². The zero-order valence-electron chi connectivity index (χ0n) is 17.5. The molecule has 1 amide bonds. The first-order chi connectivity index (χ1) is 15.6. The lowest BCUT2D eigenvalue weighted by Crippen LogP contribution is -2.48. The molecular weight excluding hydrogens is 461 g/mol. The van der Waals surface area contributed by atoms with E-state index >= 15 is 0 Å². The molecule has 1 aliphatic carbocycles. The summed E-state index contributed by atoms with van der Waals surface area (Å²) in [6.07, 6.45) is -6.09. The van der Waals surface area contributed by atoms with Gasteiger partial charge >= 0.3 is 11.8 Å². The van der Waals surface area contributed by atoms with Gasteiger partial charge in [0.25, 0.3) is 5.91 Å². The van der Waals surface area contributed by atoms with Crippen LogP contribution in [0.5, 0.6) is 0 Å². The van der Waals surface area contributed by atoms with Gasteiger partial charge in [0.15, 0.2) is 0 Å². The minimum Gasteiger partial charge on any atom is -0.376 e. The maximum Gasteiger partial charge on any atom is 0.423 e. The highest BCUT2D eigenvalue weighted by atomic mass is 35.5. The molecule has 1 aliphatic rings. The van der Waals surface area contributed by atoms with Crippen LogP contribution in [-0.2, 0) is 11.2 Å². The van der Waals surface area contributed by atoms with Gasteiger partial charge in [0.2, 0.25) is 6.10 Å². The number of aromatic nitrogens is 1. The molecule has 3 aromatic rings. The van der Waals surface area contributed by atoms with E-state index in [1.165, 1.54) is 18.2 Å². The van der Waals surface area contributed by atoms with Crippen LogP contribution >= 0.6 is 11.6 Å². The van der Waals surface area contributed by atoms with Crippen LogP contribution in [0.4, 0.5) is 18.9 Å². The monoisotopic (exact) mass is 480 g/mol. The third-order valence-electron chi connectivity index (χ3n) is 5.95. The quantitative estimate of drug-likeness (QED) is 0.593. The van der Waals surface area contributed by atoms with Crippen molar-refractivity contribution in [2.75, 3.05) is 11.4 Å². The van der Waals surface area contributed by atoms with E-state index < -0.39 is 23.8 Å². The first-order valence-corrected chi connectivity index (χ1v) is 10.7. The first kappa shape index (κ1) is 23.3. The molecule has 1 unspecified atom stereocenters. The standard InChI is InChI=1S/C23H20ClF3N2O4/c1-12-19-10-16(6-8-18(19)22(32)33-28-12)29(21(31)20(30)23(25,26)27)11-14-4-2-3-13-9-15(24)5-7-17(13)14/h5-10,14,20,30H,2-4,11H2,1H3/t14?,20-/m1/s1. The highest BCUT2D eigenvalue weighted by molar-refractivity contribution is 6.30. The maximum absolute atomic E-state index is 13.2. The lowest BCUT2D eigenvalue weighted by Gasteiger charge is -2.33. The lowest BCUT2D eigenvalue weighted by atomic mass is 9.82. The van der Waals surface area contributed by atoms with Crippen LogP contribution in [0.15, 0.2) is 45.7 Å². The van der Waals surface area contributed by atoms with Crippen molar-refractivity contribution in [2.24, 2.45) is 0 Å². The van der Waals surface area contributed by atoms with Gasteiger partial charge in [-0.3, -0.25) is 4.79 Å². The predicted molar refractivity (Wildman–Crippen MR) is 117 cm³/mol. The molecule has 33 heavy (non-hydrogen) atoms. The van der Waals surface area contributed by atoms with Crippen LogP contribution in [0, 0.1) is 6.92 Å². The first-order valence-electron chi connectivity index (χ1n) is 10.3. The Labute approximate surface area is 191 Å². The number of aliphatic hydroxyl groups excluding tert-OH is 1. The molecular formula is C23H20ClF3N2O4. The fourth-order valence-electron chi connectivity index (χ4n) is 4.29. The number of hydrogen-bond acceptors (Lipinski definition) is 5. The summed E-state index contributed by atoms with van der Waals surface area (Å²) in [7, 11) is 0. The number of rotatable bonds is 4. The van der Waals surface area contributed by atoms with Gasteiger partial charge < -0.3 is 14.5 Å². The van der Waals surface area contributed by atoms with Crippen LogP contribution in [-0.4, -0.2) is 35.0 Å². The van der Waals surface area contributed by atoms with Gasteiger partial charge in [-0.05, 0) is 67.6 Å². The molecule has 0 aliphatic heterocycles. The Balaban J connectivity index is 1.79. The molecule has 0 fully saturated rings. The van der Waals surface area contributed by atoms with E-state index in [0.29, 0.717) is 22.5 Å². The molecule has 10 heteroatoms. The Bertz CT molecular complexity index is 1270. The molecule has 4 rings (SSSR count). The summed E-state index contributed by atoms with van der Waals surface area (Å²) in [5.41, 5.74) is 1.65. The van der Waals surface area contributed by atoms with E-state index in [1.54, 1.807) is 13.0 Å². The number of amides is 1. The second-order valence-electron chi connectivity index (χ2n) is 8.11. The summed E-state index contributed by atoms with van der Waals surface area (Å²) in [6, 6.07) is 9.51. The van der Waals surface area contributed by atoms with E-state index in [4.69, 9.17) is 11.6 Å². The highest BCUT2D eigenvalue weighted by Crippen LogP contribution is 2.36. The normalized spacial score (nSPS) is 17.0. The van der Waals surface area contributed by atoms with Crippen molar-refractivity contribution in [1.29, 1.82) is 0 Å². The summed E-state index contributed by atoms with van der Waals surface area (Å²) < 4.78 is 44.4. The molecule has 174 valence electrons. The van der Waals surface area contributed by atoms with Crippen molar-refractivity contribution in [2.45, 2.75) is 44.4 Å². The molecule has 6 nitrogen and oxygen atoms in total. The topological polar surface area (TPSA) is 83.6 Å². The summed E-state index contributed by atoms with van der Waals surface area (Å²) in [5, 5.41) is 14.5. The number of alkyl halides is 3. The maximum atomic E-state index is 13.2. The third kappa shape index (κ3) is 4.60. The Morgan fingerprint density at radius 3 is 2.76 bits per heavy atom. The van der Waals surface area contributed by atoms with Gasteiger partial charge in [-0.2, -0.15) is 13.2 Å². The number of carbonyl (C=O) groups is 1. The fraction of sp³-hybridized carbons (Fsp3) is 0.348. The van der Waals surface area contributed by atoms with Crippen molar-refractivity contribution in [3.8, 4) is 0 Å². The summed E-state index contributed by atoms with van der Waals surface area (Å²) in [6.45, 7) is 1.49. The smallest absolute Gasteiger partial charge is 0.376 e. The van der Waals surface area contributed by atoms with Gasteiger partial charge in [-0.1, -0.05) is 22.8 Å². The van der Waals surface area contributed by atoms with Crippen LogP contribution in [0.3, 0.4) is 0 Å². The van der Waals surface area contributed by atoms with Gasteiger partial charge in [-0.15, -0.1) is 0 Å². The molecule has 1 N–H and O–H groups in total. The predicted octanol–water partition coefficient (Wildman–Crippen LogP) is 4.53. The van der Waals surface area contributed by atoms with Gasteiger partial charge in [-0.25, -0.2) is 4.79 Å². The number of nitrogens with zero attached hydrogens (tertiary/aromatic N) is 2. The van der Waals surface area contributed by atoms with Crippen LogP contribution in [0.25, 0.3) is 10.8 Å². The molecule has 2 atom stereocenters. The SMILES string of the molecule is Cc1noc(=O)c2ccc(N(CC3CCCc4cc(Cl)ccc43)C(=O)[C@@H](O)C(F)(F)F)cc12. The molecule has 0 saturated heterocycles. The van der Waals surface area contributed by atoms with Crippen molar-refractivity contribution < 1.29 is 27.6 Å². The van der Waals surface area contributed by atoms with E-state index in [9.17, 15) is 27.9 Å². The third-order valence-corrected chi connectivity index (χ3v) is 6.18. The molecule has 1 heterocycles. The molecule has 0 bridgehead atoms. The molecule has 1 aromatic heterocycles. The van der Waals surface area contributed by atoms with Crippen LogP contribution in [0.2, 0.25) is 5.02 Å². The fourth-order valence-corrected chi connectivity index (χ4v) is 4.48. The number of aliphatic hydroxyl groups is 1. The Morgan fingerprint density at radius 2 is 2.03 bits per heavy atom. The summed E-state index contributed by atoms with van der Waals surface area (Å²) in [4.78, 5) is 25.7. The average Bonchev–Trinajstić information content (AvgIpc) is 2.78. The van der Waals surface area contributed by atoms with Crippen molar-refractivity contribution in [3.05, 3.63) is 68.7 Å². The van der Waals surface area contributed by atoms with Gasteiger partial charge in [0, 0.05) is 28.6 Å². The minimum absolute atomic E-state index is 0.0833. The molecule has 0 saturated carbocycles. The lowest BCUT2D eigenvalue weighted by molar-refractivity contribution is -0.203.